The van der Waals surface area contributed by atoms with E-state index < -0.39 is 18.4 Å². The van der Waals surface area contributed by atoms with Crippen LogP contribution in [0.3, 0.4) is 0 Å². The molecule has 3 nitrogen and oxygen atoms in total. The van der Waals surface area contributed by atoms with Crippen LogP contribution in [0, 0.1) is 0 Å². The van der Waals surface area contributed by atoms with E-state index in [-0.39, 0.29) is 5.69 Å². The monoisotopic (exact) mass is 190 g/mol. The summed E-state index contributed by atoms with van der Waals surface area (Å²) in [7, 11) is 0. The molecule has 70 valence electrons. The standard InChI is InChI=1S/C7H5F3N2O/c8-7(9,10)6(13)3-5-4-11-1-2-12-5/h1-2,4H,3H2. The topological polar surface area (TPSA) is 42.9 Å². The molecule has 0 unspecified atom stereocenters. The summed E-state index contributed by atoms with van der Waals surface area (Å²) in [5, 5.41) is 0. The molecular formula is C7H5F3N2O. The average Bonchev–Trinajstić information content (AvgIpc) is 2.04. The van der Waals surface area contributed by atoms with Gasteiger partial charge in [0.1, 0.15) is 0 Å². The van der Waals surface area contributed by atoms with Crippen molar-refractivity contribution in [1.29, 1.82) is 0 Å². The number of hydrogen-bond donors (Lipinski definition) is 0. The van der Waals surface area contributed by atoms with E-state index >= 15 is 0 Å². The third kappa shape index (κ3) is 2.81. The van der Waals surface area contributed by atoms with Crippen molar-refractivity contribution in [2.75, 3.05) is 0 Å². The van der Waals surface area contributed by atoms with Gasteiger partial charge < -0.3 is 0 Å². The number of nitrogens with zero attached hydrogens (tertiary/aromatic N) is 2. The van der Waals surface area contributed by atoms with Crippen molar-refractivity contribution < 1.29 is 18.0 Å². The van der Waals surface area contributed by atoms with Crippen LogP contribution in [0.4, 0.5) is 13.2 Å². The number of hydrogen-bond acceptors (Lipinski definition) is 3. The van der Waals surface area contributed by atoms with E-state index in [1.165, 1.54) is 12.4 Å². The molecule has 0 aliphatic heterocycles. The van der Waals surface area contributed by atoms with E-state index in [9.17, 15) is 18.0 Å². The first-order valence-electron chi connectivity index (χ1n) is 3.35. The first-order chi connectivity index (χ1) is 6.00. The lowest BCUT2D eigenvalue weighted by Gasteiger charge is -2.03. The number of rotatable bonds is 2. The molecule has 1 heterocycles. The molecule has 0 aliphatic carbocycles. The number of halogens is 3. The highest BCUT2D eigenvalue weighted by Gasteiger charge is 2.37. The molecule has 0 saturated heterocycles. The summed E-state index contributed by atoms with van der Waals surface area (Å²) in [5.74, 6) is -1.81. The molecule has 0 fully saturated rings. The van der Waals surface area contributed by atoms with E-state index in [1.54, 1.807) is 0 Å². The minimum absolute atomic E-state index is 0.0184. The molecule has 13 heavy (non-hydrogen) atoms. The first-order valence-corrected chi connectivity index (χ1v) is 3.35. The smallest absolute Gasteiger partial charge is 0.289 e. The van der Waals surface area contributed by atoms with Crippen molar-refractivity contribution in [1.82, 2.24) is 9.97 Å². The number of Topliss-reactive ketones (excluding diaryl/α,β-unsaturated/α-hetero) is 1. The maximum absolute atomic E-state index is 11.7. The number of carbonyl (C=O) groups is 1. The average molecular weight is 190 g/mol. The van der Waals surface area contributed by atoms with E-state index in [2.05, 4.69) is 9.97 Å². The minimum Gasteiger partial charge on any atom is -0.289 e. The van der Waals surface area contributed by atoms with Gasteiger partial charge in [0, 0.05) is 18.6 Å². The Bertz CT molecular complexity index is 296. The highest BCUT2D eigenvalue weighted by Crippen LogP contribution is 2.17. The lowest BCUT2D eigenvalue weighted by molar-refractivity contribution is -0.170. The van der Waals surface area contributed by atoms with Crippen molar-refractivity contribution in [3.63, 3.8) is 0 Å². The highest BCUT2D eigenvalue weighted by atomic mass is 19.4. The third-order valence-electron chi connectivity index (χ3n) is 1.27. The molecule has 0 saturated carbocycles. The molecular weight excluding hydrogens is 185 g/mol. The quantitative estimate of drug-likeness (QED) is 0.702. The fraction of sp³-hybridized carbons (Fsp3) is 0.286. The molecule has 0 amide bonds. The van der Waals surface area contributed by atoms with Crippen molar-refractivity contribution in [2.24, 2.45) is 0 Å². The first kappa shape index (κ1) is 9.63. The molecule has 1 aromatic heterocycles. The molecule has 0 spiro atoms. The van der Waals surface area contributed by atoms with Gasteiger partial charge in [0.05, 0.1) is 12.1 Å². The molecule has 0 aromatic carbocycles. The Morgan fingerprint density at radius 1 is 1.38 bits per heavy atom. The van der Waals surface area contributed by atoms with E-state index in [1.807, 2.05) is 0 Å². The van der Waals surface area contributed by atoms with Crippen LogP contribution in [0.2, 0.25) is 0 Å². The van der Waals surface area contributed by atoms with Crippen molar-refractivity contribution in [3.8, 4) is 0 Å². The second kappa shape index (κ2) is 3.51. The summed E-state index contributed by atoms with van der Waals surface area (Å²) in [5.41, 5.74) is 0.0184. The van der Waals surface area contributed by atoms with Gasteiger partial charge in [-0.1, -0.05) is 0 Å². The Labute approximate surface area is 71.6 Å². The number of alkyl halides is 3. The van der Waals surface area contributed by atoms with Crippen LogP contribution in [0.15, 0.2) is 18.6 Å². The molecule has 1 rings (SSSR count). The number of carbonyl (C=O) groups excluding carboxylic acids is 1. The highest BCUT2D eigenvalue weighted by molar-refractivity contribution is 5.85. The van der Waals surface area contributed by atoms with Gasteiger partial charge in [-0.25, -0.2) is 0 Å². The lowest BCUT2D eigenvalue weighted by atomic mass is 10.2. The fourth-order valence-corrected chi connectivity index (χ4v) is 0.686. The maximum Gasteiger partial charge on any atom is 0.450 e. The second-order valence-corrected chi connectivity index (χ2v) is 2.29. The van der Waals surface area contributed by atoms with Crippen LogP contribution in [0.1, 0.15) is 5.69 Å². The van der Waals surface area contributed by atoms with Gasteiger partial charge in [-0.2, -0.15) is 13.2 Å². The van der Waals surface area contributed by atoms with Gasteiger partial charge in [0.25, 0.3) is 0 Å². The minimum atomic E-state index is -4.79. The summed E-state index contributed by atoms with van der Waals surface area (Å²) < 4.78 is 35.2. The molecule has 6 heteroatoms. The van der Waals surface area contributed by atoms with Gasteiger partial charge in [0.15, 0.2) is 0 Å². The Morgan fingerprint density at radius 3 is 2.54 bits per heavy atom. The van der Waals surface area contributed by atoms with Gasteiger partial charge in [-0.05, 0) is 0 Å². The molecule has 0 N–H and O–H groups in total. The Morgan fingerprint density at radius 2 is 2.08 bits per heavy atom. The Kier molecular flexibility index (Phi) is 2.60. The van der Waals surface area contributed by atoms with Crippen molar-refractivity contribution in [2.45, 2.75) is 12.6 Å². The summed E-state index contributed by atoms with van der Waals surface area (Å²) in [6.07, 6.45) is -1.86. The Hall–Kier alpha value is -1.46. The number of ketones is 1. The van der Waals surface area contributed by atoms with E-state index in [0.29, 0.717) is 0 Å². The molecule has 0 radical (unpaired) electrons. The lowest BCUT2D eigenvalue weighted by Crippen LogP contribution is -2.24. The predicted octanol–water partition coefficient (Wildman–Crippen LogP) is 1.15. The molecule has 0 aliphatic rings. The SMILES string of the molecule is O=C(Cc1cnccn1)C(F)(F)F. The van der Waals surface area contributed by atoms with Crippen LogP contribution in [0.5, 0.6) is 0 Å². The summed E-state index contributed by atoms with van der Waals surface area (Å²) in [4.78, 5) is 17.5. The molecule has 0 atom stereocenters. The summed E-state index contributed by atoms with van der Waals surface area (Å²) in [6, 6.07) is 0. The predicted molar refractivity (Wildman–Crippen MR) is 36.8 cm³/mol. The van der Waals surface area contributed by atoms with Gasteiger partial charge >= 0.3 is 6.18 Å². The van der Waals surface area contributed by atoms with E-state index in [4.69, 9.17) is 0 Å². The Balaban J connectivity index is 2.66. The van der Waals surface area contributed by atoms with Gasteiger partial charge in [-0.3, -0.25) is 14.8 Å². The summed E-state index contributed by atoms with van der Waals surface area (Å²) in [6.45, 7) is 0. The van der Waals surface area contributed by atoms with Crippen molar-refractivity contribution >= 4 is 5.78 Å². The maximum atomic E-state index is 11.7. The zero-order chi connectivity index (χ0) is 9.90. The zero-order valence-corrected chi connectivity index (χ0v) is 6.38. The van der Waals surface area contributed by atoms with Crippen LogP contribution >= 0.6 is 0 Å². The van der Waals surface area contributed by atoms with Crippen LogP contribution in [-0.4, -0.2) is 21.9 Å². The van der Waals surface area contributed by atoms with Gasteiger partial charge in [0.2, 0.25) is 5.78 Å². The van der Waals surface area contributed by atoms with Crippen LogP contribution < -0.4 is 0 Å². The molecule has 0 bridgehead atoms. The van der Waals surface area contributed by atoms with Crippen LogP contribution in [0.25, 0.3) is 0 Å². The third-order valence-corrected chi connectivity index (χ3v) is 1.27. The van der Waals surface area contributed by atoms with Crippen molar-refractivity contribution in [3.05, 3.63) is 24.3 Å². The van der Waals surface area contributed by atoms with Crippen LogP contribution in [-0.2, 0) is 11.2 Å². The van der Waals surface area contributed by atoms with Gasteiger partial charge in [-0.15, -0.1) is 0 Å². The summed E-state index contributed by atoms with van der Waals surface area (Å²) >= 11 is 0. The molecule has 1 aromatic rings. The number of aromatic nitrogens is 2. The fourth-order valence-electron chi connectivity index (χ4n) is 0.686. The zero-order valence-electron chi connectivity index (χ0n) is 6.38. The largest absolute Gasteiger partial charge is 0.450 e. The van der Waals surface area contributed by atoms with E-state index in [0.717, 1.165) is 6.20 Å². The second-order valence-electron chi connectivity index (χ2n) is 2.29. The normalized spacial score (nSPS) is 11.3.